The average Bonchev–Trinajstić information content (AvgIpc) is 1.82. The zero-order chi connectivity index (χ0) is 8.85. The average molecular weight is 180 g/mol. The summed E-state index contributed by atoms with van der Waals surface area (Å²) < 4.78 is 20.1. The number of amides is 1. The molecular formula is C5H12N2O3S. The maximum absolute atomic E-state index is 10.7. The van der Waals surface area contributed by atoms with Crippen molar-refractivity contribution < 1.29 is 13.6 Å². The van der Waals surface area contributed by atoms with Gasteiger partial charge < -0.3 is 4.90 Å². The van der Waals surface area contributed by atoms with Gasteiger partial charge in [0.2, 0.25) is 5.91 Å². The van der Waals surface area contributed by atoms with E-state index >= 15 is 0 Å². The van der Waals surface area contributed by atoms with Gasteiger partial charge in [0.05, 0.1) is 0 Å². The van der Waals surface area contributed by atoms with Gasteiger partial charge in [-0.25, -0.2) is 4.21 Å². The molecule has 1 amide bonds. The van der Waals surface area contributed by atoms with Crippen molar-refractivity contribution in [2.24, 2.45) is 0 Å². The first-order valence-electron chi connectivity index (χ1n) is 3.07. The summed E-state index contributed by atoms with van der Waals surface area (Å²) in [6, 6.07) is 0. The predicted octanol–water partition coefficient (Wildman–Crippen LogP) is -0.809. The fourth-order valence-corrected chi connectivity index (χ4v) is 0.770. The van der Waals surface area contributed by atoms with Crippen LogP contribution in [0, 0.1) is 0 Å². The van der Waals surface area contributed by atoms with Gasteiger partial charge in [0.25, 0.3) is 11.3 Å². The van der Waals surface area contributed by atoms with Crippen LogP contribution >= 0.6 is 0 Å². The van der Waals surface area contributed by atoms with Crippen LogP contribution in [0.1, 0.15) is 6.42 Å². The Bertz CT molecular complexity index is 160. The van der Waals surface area contributed by atoms with Gasteiger partial charge in [-0.05, 0) is 14.1 Å². The summed E-state index contributed by atoms with van der Waals surface area (Å²) in [7, 11) is 3.65. The third-order valence-electron chi connectivity index (χ3n) is 0.987. The Balaban J connectivity index is 3.46. The summed E-state index contributed by atoms with van der Waals surface area (Å²) in [5, 5.41) is 0. The van der Waals surface area contributed by atoms with E-state index in [1.807, 2.05) is 23.7 Å². The van der Waals surface area contributed by atoms with E-state index in [0.29, 0.717) is 6.54 Å². The van der Waals surface area contributed by atoms with Crippen LogP contribution in [-0.4, -0.2) is 40.2 Å². The summed E-state index contributed by atoms with van der Waals surface area (Å²) >= 11 is -2.23. The van der Waals surface area contributed by atoms with Crippen molar-refractivity contribution >= 4 is 17.2 Å². The minimum atomic E-state index is -2.23. The molecule has 0 spiro atoms. The van der Waals surface area contributed by atoms with Gasteiger partial charge in [0.15, 0.2) is 0 Å². The first kappa shape index (κ1) is 10.5. The van der Waals surface area contributed by atoms with Crippen LogP contribution in [0.3, 0.4) is 0 Å². The van der Waals surface area contributed by atoms with Gasteiger partial charge >= 0.3 is 0 Å². The highest BCUT2D eigenvalue weighted by atomic mass is 32.2. The number of nitrogens with one attached hydrogen (secondary N) is 1. The molecule has 66 valence electrons. The lowest BCUT2D eigenvalue weighted by atomic mass is 10.4. The van der Waals surface area contributed by atoms with Crippen LogP contribution in [0.4, 0.5) is 0 Å². The number of nitrogens with zero attached hydrogens (tertiary/aromatic N) is 1. The molecule has 0 aliphatic heterocycles. The van der Waals surface area contributed by atoms with Crippen molar-refractivity contribution in [1.82, 2.24) is 9.62 Å². The quantitative estimate of drug-likeness (QED) is 0.555. The van der Waals surface area contributed by atoms with Gasteiger partial charge in [-0.2, -0.15) is 0 Å². The molecule has 0 aliphatic carbocycles. The third kappa shape index (κ3) is 7.44. The summed E-state index contributed by atoms with van der Waals surface area (Å²) in [5.41, 5.74) is 0. The molecule has 0 aliphatic rings. The summed E-state index contributed by atoms with van der Waals surface area (Å²) in [6.07, 6.45) is 0.235. The zero-order valence-electron chi connectivity index (χ0n) is 6.53. The SMILES string of the molecule is CN(C)CCC(=O)NS(=O)O. The molecule has 0 aromatic heterocycles. The number of rotatable bonds is 4. The third-order valence-corrected chi connectivity index (χ3v) is 1.39. The molecule has 0 heterocycles. The van der Waals surface area contributed by atoms with Crippen molar-refractivity contribution in [2.75, 3.05) is 20.6 Å². The maximum Gasteiger partial charge on any atom is 0.261 e. The molecule has 0 bridgehead atoms. The Hall–Kier alpha value is -0.460. The van der Waals surface area contributed by atoms with Crippen LogP contribution in [0.25, 0.3) is 0 Å². The van der Waals surface area contributed by atoms with Gasteiger partial charge in [-0.1, -0.05) is 0 Å². The van der Waals surface area contributed by atoms with Crippen molar-refractivity contribution in [3.05, 3.63) is 0 Å². The van der Waals surface area contributed by atoms with E-state index < -0.39 is 17.2 Å². The normalized spacial score (nSPS) is 13.1. The fraction of sp³-hybridized carbons (Fsp3) is 0.800. The number of hydrogen-bond acceptors (Lipinski definition) is 3. The molecule has 11 heavy (non-hydrogen) atoms. The lowest BCUT2D eigenvalue weighted by molar-refractivity contribution is -0.119. The molecule has 0 saturated heterocycles. The molecule has 0 radical (unpaired) electrons. The van der Waals surface area contributed by atoms with Crippen LogP contribution < -0.4 is 4.72 Å². The van der Waals surface area contributed by atoms with Crippen molar-refractivity contribution in [2.45, 2.75) is 6.42 Å². The lowest BCUT2D eigenvalue weighted by Crippen LogP contribution is -2.28. The second-order valence-electron chi connectivity index (χ2n) is 2.33. The van der Waals surface area contributed by atoms with Gasteiger partial charge in [-0.3, -0.25) is 14.1 Å². The standard InChI is InChI=1S/C5H12N2O3S/c1-7(2)4-3-5(8)6-11(9)10/h3-4H2,1-2H3,(H,6,8)(H,9,10). The summed E-state index contributed by atoms with van der Waals surface area (Å²) in [5.74, 6) is -0.417. The van der Waals surface area contributed by atoms with E-state index in [0.717, 1.165) is 0 Å². The Morgan fingerprint density at radius 3 is 2.55 bits per heavy atom. The Morgan fingerprint density at radius 2 is 2.18 bits per heavy atom. The summed E-state index contributed by atoms with van der Waals surface area (Å²) in [4.78, 5) is 12.5. The molecule has 6 heteroatoms. The first-order chi connectivity index (χ1) is 5.02. The number of carbonyl (C=O) groups is 1. The fourth-order valence-electron chi connectivity index (χ4n) is 0.474. The molecule has 1 unspecified atom stereocenters. The smallest absolute Gasteiger partial charge is 0.261 e. The lowest BCUT2D eigenvalue weighted by Gasteiger charge is -2.07. The summed E-state index contributed by atoms with van der Waals surface area (Å²) in [6.45, 7) is 0.572. The second-order valence-corrected chi connectivity index (χ2v) is 3.03. The molecule has 0 aromatic carbocycles. The number of carbonyl (C=O) groups excluding carboxylic acids is 1. The molecule has 0 fully saturated rings. The Morgan fingerprint density at radius 1 is 1.64 bits per heavy atom. The van der Waals surface area contributed by atoms with Gasteiger partial charge in [0, 0.05) is 13.0 Å². The van der Waals surface area contributed by atoms with Crippen LogP contribution in [-0.2, 0) is 16.1 Å². The molecule has 0 rings (SSSR count). The zero-order valence-corrected chi connectivity index (χ0v) is 7.35. The molecular weight excluding hydrogens is 168 g/mol. The van der Waals surface area contributed by atoms with Crippen LogP contribution in [0.15, 0.2) is 0 Å². The second kappa shape index (κ2) is 5.22. The Kier molecular flexibility index (Phi) is 5.01. The molecule has 0 saturated carbocycles. The highest BCUT2D eigenvalue weighted by Gasteiger charge is 2.03. The van der Waals surface area contributed by atoms with Crippen molar-refractivity contribution in [3.63, 3.8) is 0 Å². The van der Waals surface area contributed by atoms with Crippen LogP contribution in [0.2, 0.25) is 0 Å². The van der Waals surface area contributed by atoms with Crippen molar-refractivity contribution in [1.29, 1.82) is 0 Å². The van der Waals surface area contributed by atoms with E-state index in [1.54, 1.807) is 0 Å². The minimum Gasteiger partial charge on any atom is -0.309 e. The maximum atomic E-state index is 10.7. The van der Waals surface area contributed by atoms with E-state index in [9.17, 15) is 9.00 Å². The van der Waals surface area contributed by atoms with E-state index in [-0.39, 0.29) is 6.42 Å². The number of hydrogen-bond donors (Lipinski definition) is 2. The van der Waals surface area contributed by atoms with Gasteiger partial charge in [-0.15, -0.1) is 0 Å². The van der Waals surface area contributed by atoms with E-state index in [4.69, 9.17) is 4.55 Å². The van der Waals surface area contributed by atoms with E-state index in [2.05, 4.69) is 0 Å². The highest BCUT2D eigenvalue weighted by Crippen LogP contribution is 1.83. The van der Waals surface area contributed by atoms with Crippen LogP contribution in [0.5, 0.6) is 0 Å². The molecule has 0 aromatic rings. The predicted molar refractivity (Wildman–Crippen MR) is 42.1 cm³/mol. The molecule has 2 N–H and O–H groups in total. The first-order valence-corrected chi connectivity index (χ1v) is 4.18. The van der Waals surface area contributed by atoms with E-state index in [1.165, 1.54) is 0 Å². The molecule has 1 atom stereocenters. The van der Waals surface area contributed by atoms with Crippen molar-refractivity contribution in [3.8, 4) is 0 Å². The highest BCUT2D eigenvalue weighted by molar-refractivity contribution is 7.77. The topological polar surface area (TPSA) is 69.6 Å². The molecule has 5 nitrogen and oxygen atoms in total. The largest absolute Gasteiger partial charge is 0.309 e. The van der Waals surface area contributed by atoms with Gasteiger partial charge in [0.1, 0.15) is 0 Å². The monoisotopic (exact) mass is 180 g/mol. The Labute approximate surface area is 68.2 Å². The minimum absolute atomic E-state index is 0.235.